The first-order chi connectivity index (χ1) is 14.0. The average molecular weight is 396 g/mol. The van der Waals surface area contributed by atoms with Gasteiger partial charge in [0.2, 0.25) is 0 Å². The highest BCUT2D eigenvalue weighted by Gasteiger charge is 2.16. The summed E-state index contributed by atoms with van der Waals surface area (Å²) in [5.41, 5.74) is 3.64. The zero-order valence-corrected chi connectivity index (χ0v) is 17.5. The Kier molecular flexibility index (Phi) is 5.67. The molecular formula is C22H29N5O2. The maximum absolute atomic E-state index is 12.9. The highest BCUT2D eigenvalue weighted by molar-refractivity contribution is 5.75. The van der Waals surface area contributed by atoms with Crippen LogP contribution in [0.25, 0.3) is 16.7 Å². The summed E-state index contributed by atoms with van der Waals surface area (Å²) in [7, 11) is 0. The number of aryl methyl sites for hydroxylation is 3. The lowest BCUT2D eigenvalue weighted by Gasteiger charge is -2.26. The van der Waals surface area contributed by atoms with Gasteiger partial charge in [-0.1, -0.05) is 12.5 Å². The second-order valence-corrected chi connectivity index (χ2v) is 7.91. The third-order valence-corrected chi connectivity index (χ3v) is 5.74. The molecule has 7 nitrogen and oxygen atoms in total. The lowest BCUT2D eigenvalue weighted by molar-refractivity contribution is 0.0844. The Morgan fingerprint density at radius 3 is 2.62 bits per heavy atom. The first kappa shape index (κ1) is 19.6. The molecule has 7 heteroatoms. The van der Waals surface area contributed by atoms with Crippen LogP contribution in [0.15, 0.2) is 29.2 Å². The number of rotatable bonds is 6. The smallest absolute Gasteiger partial charge is 0.297 e. The summed E-state index contributed by atoms with van der Waals surface area (Å²) in [5.74, 6) is 0.533. The molecule has 0 amide bonds. The van der Waals surface area contributed by atoms with Crippen LogP contribution in [0.5, 0.6) is 0 Å². The fourth-order valence-corrected chi connectivity index (χ4v) is 3.88. The third-order valence-electron chi connectivity index (χ3n) is 5.74. The lowest BCUT2D eigenvalue weighted by Crippen LogP contribution is -2.34. The molecule has 1 fully saturated rings. The molecule has 0 saturated carbocycles. The molecule has 2 aromatic heterocycles. The lowest BCUT2D eigenvalue weighted by atomic mass is 10.1. The molecule has 0 N–H and O–H groups in total. The van der Waals surface area contributed by atoms with Crippen molar-refractivity contribution in [1.29, 1.82) is 0 Å². The summed E-state index contributed by atoms with van der Waals surface area (Å²) < 4.78 is 3.03. The van der Waals surface area contributed by atoms with Gasteiger partial charge < -0.3 is 9.74 Å². The normalized spacial score (nSPS) is 15.1. The van der Waals surface area contributed by atoms with Crippen LogP contribution in [0.2, 0.25) is 0 Å². The van der Waals surface area contributed by atoms with E-state index in [0.29, 0.717) is 23.5 Å². The molecule has 1 aromatic carbocycles. The molecule has 0 bridgehead atoms. The third kappa shape index (κ3) is 4.05. The van der Waals surface area contributed by atoms with E-state index in [4.69, 9.17) is 4.84 Å². The number of piperidine rings is 1. The summed E-state index contributed by atoms with van der Waals surface area (Å²) >= 11 is 0. The molecule has 3 heterocycles. The van der Waals surface area contributed by atoms with Gasteiger partial charge in [0.1, 0.15) is 17.8 Å². The van der Waals surface area contributed by atoms with E-state index in [1.807, 2.05) is 6.07 Å². The van der Waals surface area contributed by atoms with Crippen LogP contribution in [-0.4, -0.2) is 50.6 Å². The zero-order chi connectivity index (χ0) is 20.4. The Morgan fingerprint density at radius 2 is 1.86 bits per heavy atom. The molecule has 1 aliphatic heterocycles. The highest BCUT2D eigenvalue weighted by Crippen LogP contribution is 2.17. The second kappa shape index (κ2) is 8.37. The summed E-state index contributed by atoms with van der Waals surface area (Å²) in [5, 5.41) is 4.88. The Morgan fingerprint density at radius 1 is 1.07 bits per heavy atom. The van der Waals surface area contributed by atoms with Crippen molar-refractivity contribution in [3.63, 3.8) is 0 Å². The van der Waals surface area contributed by atoms with Crippen molar-refractivity contribution in [2.75, 3.05) is 26.2 Å². The number of nitrogens with zero attached hydrogens (tertiary/aromatic N) is 5. The molecule has 4 rings (SSSR count). The van der Waals surface area contributed by atoms with Gasteiger partial charge in [-0.25, -0.2) is 9.67 Å². The second-order valence-electron chi connectivity index (χ2n) is 7.91. The van der Waals surface area contributed by atoms with Gasteiger partial charge in [-0.2, -0.15) is 5.10 Å². The standard InChI is InChI=1S/C22H29N5O2/c1-16-8-9-19(14-17(16)2)26-21-20(15-23-26)22(28)27(18(3)24-21)29-13-7-12-25-10-5-4-6-11-25/h8-9,14-15H,4-7,10-13H2,1-3H3. The summed E-state index contributed by atoms with van der Waals surface area (Å²) in [4.78, 5) is 25.8. The van der Waals surface area contributed by atoms with Crippen LogP contribution in [0, 0.1) is 20.8 Å². The van der Waals surface area contributed by atoms with Gasteiger partial charge >= 0.3 is 0 Å². The van der Waals surface area contributed by atoms with Crippen molar-refractivity contribution < 1.29 is 4.84 Å². The molecule has 0 unspecified atom stereocenters. The van der Waals surface area contributed by atoms with Gasteiger partial charge in [-0.3, -0.25) is 4.79 Å². The molecule has 0 aliphatic carbocycles. The molecule has 0 atom stereocenters. The minimum absolute atomic E-state index is 0.208. The summed E-state index contributed by atoms with van der Waals surface area (Å²) in [6.45, 7) is 9.78. The fraction of sp³-hybridized carbons (Fsp3) is 0.500. The SMILES string of the molecule is Cc1ccc(-n2ncc3c(=O)n(OCCCN4CCCCC4)c(C)nc32)cc1C. The molecule has 0 spiro atoms. The minimum Gasteiger partial charge on any atom is -0.409 e. The van der Waals surface area contributed by atoms with Crippen LogP contribution in [-0.2, 0) is 0 Å². The maximum atomic E-state index is 12.9. The van der Waals surface area contributed by atoms with E-state index in [2.05, 4.69) is 41.0 Å². The Bertz CT molecular complexity index is 1060. The Labute approximate surface area is 170 Å². The van der Waals surface area contributed by atoms with E-state index >= 15 is 0 Å². The largest absolute Gasteiger partial charge is 0.409 e. The van der Waals surface area contributed by atoms with Crippen LogP contribution >= 0.6 is 0 Å². The average Bonchev–Trinajstić information content (AvgIpc) is 3.14. The number of hydrogen-bond acceptors (Lipinski definition) is 5. The number of fused-ring (bicyclic) bond motifs is 1. The number of likely N-dealkylation sites (tertiary alicyclic amines) is 1. The van der Waals surface area contributed by atoms with Crippen molar-refractivity contribution in [2.45, 2.75) is 46.5 Å². The van der Waals surface area contributed by atoms with E-state index in [1.54, 1.807) is 17.8 Å². The Balaban J connectivity index is 1.52. The first-order valence-electron chi connectivity index (χ1n) is 10.5. The summed E-state index contributed by atoms with van der Waals surface area (Å²) in [6.07, 6.45) is 6.37. The van der Waals surface area contributed by atoms with Gasteiger partial charge in [-0.05, 0) is 76.4 Å². The predicted octanol–water partition coefficient (Wildman–Crippen LogP) is 2.81. The van der Waals surface area contributed by atoms with E-state index < -0.39 is 0 Å². The molecule has 0 radical (unpaired) electrons. The molecule has 1 saturated heterocycles. The van der Waals surface area contributed by atoms with E-state index in [-0.39, 0.29) is 5.56 Å². The maximum Gasteiger partial charge on any atom is 0.297 e. The van der Waals surface area contributed by atoms with Gasteiger partial charge in [-0.15, -0.1) is 4.73 Å². The summed E-state index contributed by atoms with van der Waals surface area (Å²) in [6, 6.07) is 6.10. The van der Waals surface area contributed by atoms with Crippen molar-refractivity contribution in [1.82, 2.24) is 24.4 Å². The Hall–Kier alpha value is -2.67. The van der Waals surface area contributed by atoms with Gasteiger partial charge in [0.15, 0.2) is 5.65 Å². The number of hydrogen-bond donors (Lipinski definition) is 0. The van der Waals surface area contributed by atoms with Crippen molar-refractivity contribution in [2.24, 2.45) is 0 Å². The van der Waals surface area contributed by atoms with E-state index in [1.165, 1.54) is 48.2 Å². The van der Waals surface area contributed by atoms with E-state index in [9.17, 15) is 4.79 Å². The highest BCUT2D eigenvalue weighted by atomic mass is 16.7. The monoisotopic (exact) mass is 395 g/mol. The quantitative estimate of drug-likeness (QED) is 0.601. The molecule has 1 aliphatic rings. The van der Waals surface area contributed by atoms with E-state index in [0.717, 1.165) is 18.7 Å². The van der Waals surface area contributed by atoms with Gasteiger partial charge in [0.05, 0.1) is 11.9 Å². The van der Waals surface area contributed by atoms with Gasteiger partial charge in [0.25, 0.3) is 5.56 Å². The van der Waals surface area contributed by atoms with Crippen LogP contribution in [0.3, 0.4) is 0 Å². The first-order valence-corrected chi connectivity index (χ1v) is 10.5. The molecule has 154 valence electrons. The van der Waals surface area contributed by atoms with Crippen molar-refractivity contribution >= 4 is 11.0 Å². The zero-order valence-electron chi connectivity index (χ0n) is 17.5. The number of benzene rings is 1. The van der Waals surface area contributed by atoms with Crippen molar-refractivity contribution in [3.8, 4) is 5.69 Å². The van der Waals surface area contributed by atoms with Crippen molar-refractivity contribution in [3.05, 3.63) is 51.7 Å². The molecular weight excluding hydrogens is 366 g/mol. The van der Waals surface area contributed by atoms with Crippen LogP contribution in [0.4, 0.5) is 0 Å². The topological polar surface area (TPSA) is 65.2 Å². The van der Waals surface area contributed by atoms with Gasteiger partial charge in [0, 0.05) is 6.54 Å². The number of aromatic nitrogens is 4. The predicted molar refractivity (Wildman–Crippen MR) is 114 cm³/mol. The van der Waals surface area contributed by atoms with Crippen LogP contribution in [0.1, 0.15) is 42.6 Å². The fourth-order valence-electron chi connectivity index (χ4n) is 3.88. The molecule has 29 heavy (non-hydrogen) atoms. The van der Waals surface area contributed by atoms with Crippen LogP contribution < -0.4 is 10.4 Å². The molecule has 3 aromatic rings. The minimum atomic E-state index is -0.208.